The quantitative estimate of drug-likeness (QED) is 0.523. The van der Waals surface area contributed by atoms with Gasteiger partial charge >= 0.3 is 0 Å². The molecule has 0 atom stereocenters. The van der Waals surface area contributed by atoms with Gasteiger partial charge < -0.3 is 16.0 Å². The van der Waals surface area contributed by atoms with E-state index in [9.17, 15) is 9.59 Å². The number of anilines is 1. The summed E-state index contributed by atoms with van der Waals surface area (Å²) in [6.07, 6.45) is 0.183. The van der Waals surface area contributed by atoms with Gasteiger partial charge in [0.05, 0.1) is 5.52 Å². The Morgan fingerprint density at radius 1 is 1.08 bits per heavy atom. The first-order valence-electron chi connectivity index (χ1n) is 8.42. The zero-order valence-corrected chi connectivity index (χ0v) is 14.5. The highest BCUT2D eigenvalue weighted by Crippen LogP contribution is 2.16. The smallest absolute Gasteiger partial charge is 0.272 e. The number of nitrogens with one attached hydrogen (secondary N) is 4. The molecule has 3 aromatic rings. The Morgan fingerprint density at radius 2 is 1.85 bits per heavy atom. The Balaban J connectivity index is 1.53. The number of aromatic nitrogens is 2. The third-order valence-corrected chi connectivity index (χ3v) is 3.98. The molecular weight excluding hydrogens is 330 g/mol. The lowest BCUT2D eigenvalue weighted by atomic mass is 10.1. The summed E-state index contributed by atoms with van der Waals surface area (Å²) in [7, 11) is 1.85. The maximum Gasteiger partial charge on any atom is 0.272 e. The normalized spacial score (nSPS) is 10.7. The number of benzene rings is 2. The largest absolute Gasteiger partial charge is 0.350 e. The van der Waals surface area contributed by atoms with Gasteiger partial charge in [0.15, 0.2) is 5.69 Å². The van der Waals surface area contributed by atoms with Gasteiger partial charge in [0.2, 0.25) is 5.91 Å². The molecule has 4 N–H and O–H groups in total. The van der Waals surface area contributed by atoms with Crippen LogP contribution in [0.15, 0.2) is 48.5 Å². The number of para-hydroxylation sites is 2. The second kappa shape index (κ2) is 8.26. The molecule has 0 aliphatic rings. The van der Waals surface area contributed by atoms with E-state index in [1.807, 2.05) is 55.6 Å². The number of rotatable bonds is 7. The number of hydrogen-bond acceptors (Lipinski definition) is 4. The van der Waals surface area contributed by atoms with Gasteiger partial charge in [-0.25, -0.2) is 0 Å². The molecule has 26 heavy (non-hydrogen) atoms. The summed E-state index contributed by atoms with van der Waals surface area (Å²) in [4.78, 5) is 24.4. The fraction of sp³-hybridized carbons (Fsp3) is 0.211. The summed E-state index contributed by atoms with van der Waals surface area (Å²) >= 11 is 0. The minimum absolute atomic E-state index is 0.152. The van der Waals surface area contributed by atoms with Crippen LogP contribution in [-0.4, -0.2) is 35.6 Å². The van der Waals surface area contributed by atoms with Crippen LogP contribution in [0.25, 0.3) is 10.9 Å². The van der Waals surface area contributed by atoms with Crippen LogP contribution in [0.1, 0.15) is 22.5 Å². The van der Waals surface area contributed by atoms with Crippen molar-refractivity contribution in [3.05, 3.63) is 59.8 Å². The Morgan fingerprint density at radius 3 is 2.69 bits per heavy atom. The van der Waals surface area contributed by atoms with Crippen LogP contribution >= 0.6 is 0 Å². The van der Waals surface area contributed by atoms with Crippen molar-refractivity contribution in [3.63, 3.8) is 0 Å². The monoisotopic (exact) mass is 351 g/mol. The van der Waals surface area contributed by atoms with Crippen molar-refractivity contribution in [2.24, 2.45) is 0 Å². The van der Waals surface area contributed by atoms with Crippen LogP contribution in [0.5, 0.6) is 0 Å². The first-order valence-corrected chi connectivity index (χ1v) is 8.42. The van der Waals surface area contributed by atoms with Crippen molar-refractivity contribution in [2.45, 2.75) is 13.0 Å². The predicted octanol–water partition coefficient (Wildman–Crippen LogP) is 2.04. The van der Waals surface area contributed by atoms with E-state index in [0.717, 1.165) is 22.2 Å². The minimum Gasteiger partial charge on any atom is -0.350 e. The maximum absolute atomic E-state index is 12.3. The molecule has 1 heterocycles. The van der Waals surface area contributed by atoms with Crippen LogP contribution in [0, 0.1) is 0 Å². The molecule has 0 saturated carbocycles. The summed E-state index contributed by atoms with van der Waals surface area (Å²) in [5.74, 6) is -0.452. The van der Waals surface area contributed by atoms with Gasteiger partial charge in [-0.3, -0.25) is 14.7 Å². The number of aromatic amines is 1. The number of fused-ring (bicyclic) bond motifs is 1. The van der Waals surface area contributed by atoms with Crippen molar-refractivity contribution in [3.8, 4) is 0 Å². The topological polar surface area (TPSA) is 98.9 Å². The molecule has 7 heteroatoms. The van der Waals surface area contributed by atoms with Gasteiger partial charge in [-0.1, -0.05) is 36.4 Å². The summed E-state index contributed by atoms with van der Waals surface area (Å²) in [6, 6.07) is 15.0. The van der Waals surface area contributed by atoms with E-state index in [2.05, 4.69) is 26.1 Å². The molecule has 3 rings (SSSR count). The second-order valence-electron chi connectivity index (χ2n) is 5.86. The highest BCUT2D eigenvalue weighted by atomic mass is 16.2. The molecular formula is C19H21N5O2. The van der Waals surface area contributed by atoms with Crippen molar-refractivity contribution < 1.29 is 9.59 Å². The molecule has 2 aromatic carbocycles. The molecule has 134 valence electrons. The van der Waals surface area contributed by atoms with Gasteiger partial charge in [0.1, 0.15) is 0 Å². The third-order valence-electron chi connectivity index (χ3n) is 3.98. The fourth-order valence-corrected chi connectivity index (χ4v) is 2.71. The average molecular weight is 351 g/mol. The molecule has 0 spiro atoms. The molecule has 0 fully saturated rings. The standard InChI is InChI=1S/C19H21N5O2/c1-20-12-13-6-2-4-8-15(13)22-17(25)10-11-21-19(26)18-14-7-3-5-9-16(14)23-24-18/h2-9,20H,10-12H2,1H3,(H,21,26)(H,22,25)(H,23,24). The zero-order chi connectivity index (χ0) is 18.4. The fourth-order valence-electron chi connectivity index (χ4n) is 2.71. The first-order chi connectivity index (χ1) is 12.7. The maximum atomic E-state index is 12.3. The summed E-state index contributed by atoms with van der Waals surface area (Å²) in [5.41, 5.74) is 2.92. The summed E-state index contributed by atoms with van der Waals surface area (Å²) < 4.78 is 0. The van der Waals surface area contributed by atoms with E-state index < -0.39 is 0 Å². The summed E-state index contributed by atoms with van der Waals surface area (Å²) in [6.45, 7) is 0.902. The zero-order valence-electron chi connectivity index (χ0n) is 14.5. The number of nitrogens with zero attached hydrogens (tertiary/aromatic N) is 1. The van der Waals surface area contributed by atoms with E-state index in [-0.39, 0.29) is 24.8 Å². The van der Waals surface area contributed by atoms with Gasteiger partial charge in [-0.2, -0.15) is 5.10 Å². The number of carbonyl (C=O) groups is 2. The van der Waals surface area contributed by atoms with E-state index >= 15 is 0 Å². The molecule has 7 nitrogen and oxygen atoms in total. The number of carbonyl (C=O) groups excluding carboxylic acids is 2. The Labute approximate surface area is 151 Å². The van der Waals surface area contributed by atoms with Crippen molar-refractivity contribution in [1.82, 2.24) is 20.8 Å². The lowest BCUT2D eigenvalue weighted by molar-refractivity contribution is -0.116. The molecule has 0 saturated heterocycles. The first kappa shape index (κ1) is 17.6. The Bertz CT molecular complexity index is 919. The molecule has 0 aliphatic heterocycles. The lowest BCUT2D eigenvalue weighted by Gasteiger charge is -2.11. The number of amides is 2. The Hall–Kier alpha value is -3.19. The van der Waals surface area contributed by atoms with E-state index in [4.69, 9.17) is 0 Å². The van der Waals surface area contributed by atoms with Gasteiger partial charge in [-0.15, -0.1) is 0 Å². The second-order valence-corrected chi connectivity index (χ2v) is 5.86. The highest BCUT2D eigenvalue weighted by molar-refractivity contribution is 6.04. The van der Waals surface area contributed by atoms with Crippen LogP contribution in [0.3, 0.4) is 0 Å². The van der Waals surface area contributed by atoms with Gasteiger partial charge in [-0.05, 0) is 24.7 Å². The molecule has 0 radical (unpaired) electrons. The van der Waals surface area contributed by atoms with Gasteiger partial charge in [0.25, 0.3) is 5.91 Å². The molecule has 2 amide bonds. The van der Waals surface area contributed by atoms with Crippen LogP contribution in [0.2, 0.25) is 0 Å². The lowest BCUT2D eigenvalue weighted by Crippen LogP contribution is -2.28. The third kappa shape index (κ3) is 4.07. The molecule has 0 unspecified atom stereocenters. The predicted molar refractivity (Wildman–Crippen MR) is 101 cm³/mol. The van der Waals surface area contributed by atoms with Crippen LogP contribution in [0.4, 0.5) is 5.69 Å². The van der Waals surface area contributed by atoms with E-state index in [1.54, 1.807) is 0 Å². The van der Waals surface area contributed by atoms with E-state index in [0.29, 0.717) is 12.2 Å². The minimum atomic E-state index is -0.300. The molecule has 1 aromatic heterocycles. The van der Waals surface area contributed by atoms with Crippen LogP contribution in [-0.2, 0) is 11.3 Å². The Kier molecular flexibility index (Phi) is 5.60. The highest BCUT2D eigenvalue weighted by Gasteiger charge is 2.14. The van der Waals surface area contributed by atoms with Gasteiger partial charge in [0, 0.05) is 30.6 Å². The van der Waals surface area contributed by atoms with E-state index in [1.165, 1.54) is 0 Å². The van der Waals surface area contributed by atoms with Crippen molar-refractivity contribution in [1.29, 1.82) is 0 Å². The average Bonchev–Trinajstić information content (AvgIpc) is 3.08. The number of H-pyrrole nitrogens is 1. The number of hydrogen-bond donors (Lipinski definition) is 4. The molecule has 0 aliphatic carbocycles. The summed E-state index contributed by atoms with van der Waals surface area (Å²) in [5, 5.41) is 16.3. The molecule has 0 bridgehead atoms. The van der Waals surface area contributed by atoms with Crippen molar-refractivity contribution in [2.75, 3.05) is 18.9 Å². The van der Waals surface area contributed by atoms with Crippen molar-refractivity contribution >= 4 is 28.4 Å². The van der Waals surface area contributed by atoms with Crippen LogP contribution < -0.4 is 16.0 Å². The SMILES string of the molecule is CNCc1ccccc1NC(=O)CCNC(=O)c1n[nH]c2ccccc12.